The molecule has 0 radical (unpaired) electrons. The highest BCUT2D eigenvalue weighted by Crippen LogP contribution is 2.15. The van der Waals surface area contributed by atoms with Crippen molar-refractivity contribution in [1.29, 1.82) is 0 Å². The van der Waals surface area contributed by atoms with E-state index in [-0.39, 0.29) is 17.9 Å². The Balaban J connectivity index is 2.67. The van der Waals surface area contributed by atoms with Crippen LogP contribution in [0.25, 0.3) is 0 Å². The summed E-state index contributed by atoms with van der Waals surface area (Å²) in [5.41, 5.74) is 2.35. The Hall–Kier alpha value is -2.04. The van der Waals surface area contributed by atoms with Crippen LogP contribution in [0, 0.1) is 12.8 Å². The number of nitrogens with zero attached hydrogens (tertiary/aromatic N) is 1. The number of carbonyl (C=O) groups is 2. The lowest BCUT2D eigenvalue weighted by Gasteiger charge is -2.34. The van der Waals surface area contributed by atoms with Gasteiger partial charge in [0.05, 0.1) is 0 Å². The SMILES string of the molecule is Cc1ccc(CCNC(=O)C(C(C)C)N(C(=O)O)C(C)C)cc1. The second-order valence-electron chi connectivity index (χ2n) is 6.50. The minimum atomic E-state index is -1.06. The number of amides is 2. The second kappa shape index (κ2) is 8.56. The molecule has 0 aliphatic heterocycles. The lowest BCUT2D eigenvalue weighted by molar-refractivity contribution is -0.128. The minimum Gasteiger partial charge on any atom is -0.465 e. The fourth-order valence-corrected chi connectivity index (χ4v) is 2.60. The second-order valence-corrected chi connectivity index (χ2v) is 6.50. The van der Waals surface area contributed by atoms with Crippen molar-refractivity contribution in [3.63, 3.8) is 0 Å². The summed E-state index contributed by atoms with van der Waals surface area (Å²) in [6, 6.07) is 7.24. The Bertz CT molecular complexity index is 524. The summed E-state index contributed by atoms with van der Waals surface area (Å²) in [5, 5.41) is 12.3. The van der Waals surface area contributed by atoms with Crippen LogP contribution in [0.5, 0.6) is 0 Å². The number of benzene rings is 1. The lowest BCUT2D eigenvalue weighted by Crippen LogP contribution is -2.54. The zero-order valence-electron chi connectivity index (χ0n) is 14.7. The molecule has 0 bridgehead atoms. The van der Waals surface area contributed by atoms with Gasteiger partial charge in [0.25, 0.3) is 0 Å². The van der Waals surface area contributed by atoms with Crippen molar-refractivity contribution in [2.24, 2.45) is 5.92 Å². The molecule has 0 aromatic heterocycles. The number of carboxylic acid groups (broad SMARTS) is 1. The molecule has 23 heavy (non-hydrogen) atoms. The molecule has 1 aromatic carbocycles. The topological polar surface area (TPSA) is 69.6 Å². The van der Waals surface area contributed by atoms with Gasteiger partial charge in [-0.25, -0.2) is 4.79 Å². The van der Waals surface area contributed by atoms with Crippen LogP contribution in [0.3, 0.4) is 0 Å². The Labute approximate surface area is 138 Å². The lowest BCUT2D eigenvalue weighted by atomic mass is 10.0. The van der Waals surface area contributed by atoms with Gasteiger partial charge in [0.2, 0.25) is 5.91 Å². The maximum absolute atomic E-state index is 12.5. The predicted molar refractivity (Wildman–Crippen MR) is 91.5 cm³/mol. The van der Waals surface area contributed by atoms with Gasteiger partial charge in [-0.1, -0.05) is 43.7 Å². The number of hydrogen-bond donors (Lipinski definition) is 2. The third kappa shape index (κ3) is 5.58. The molecule has 0 aliphatic carbocycles. The van der Waals surface area contributed by atoms with Gasteiger partial charge in [-0.2, -0.15) is 0 Å². The first-order valence-electron chi connectivity index (χ1n) is 8.08. The number of nitrogens with one attached hydrogen (secondary N) is 1. The molecule has 1 aromatic rings. The molecular formula is C18H28N2O3. The highest BCUT2D eigenvalue weighted by atomic mass is 16.4. The monoisotopic (exact) mass is 320 g/mol. The van der Waals surface area contributed by atoms with Crippen molar-refractivity contribution >= 4 is 12.0 Å². The first kappa shape index (κ1) is 19.0. The van der Waals surface area contributed by atoms with Gasteiger partial charge in [-0.3, -0.25) is 9.69 Å². The summed E-state index contributed by atoms with van der Waals surface area (Å²) in [4.78, 5) is 25.2. The molecule has 0 saturated carbocycles. The molecule has 5 nitrogen and oxygen atoms in total. The Morgan fingerprint density at radius 1 is 1.13 bits per heavy atom. The van der Waals surface area contributed by atoms with Gasteiger partial charge < -0.3 is 10.4 Å². The molecule has 1 atom stereocenters. The number of rotatable bonds is 7. The van der Waals surface area contributed by atoms with Crippen LogP contribution < -0.4 is 5.32 Å². The normalized spacial score (nSPS) is 12.3. The van der Waals surface area contributed by atoms with E-state index >= 15 is 0 Å². The summed E-state index contributed by atoms with van der Waals surface area (Å²) >= 11 is 0. The molecule has 0 spiro atoms. The molecule has 1 rings (SSSR count). The molecular weight excluding hydrogens is 292 g/mol. The van der Waals surface area contributed by atoms with Gasteiger partial charge in [0.1, 0.15) is 6.04 Å². The van der Waals surface area contributed by atoms with Crippen LogP contribution in [0.15, 0.2) is 24.3 Å². The largest absolute Gasteiger partial charge is 0.465 e. The van der Waals surface area contributed by atoms with E-state index in [1.165, 1.54) is 10.5 Å². The van der Waals surface area contributed by atoms with Crippen molar-refractivity contribution in [3.8, 4) is 0 Å². The first-order valence-corrected chi connectivity index (χ1v) is 8.08. The first-order chi connectivity index (χ1) is 10.7. The highest BCUT2D eigenvalue weighted by Gasteiger charge is 2.33. The van der Waals surface area contributed by atoms with E-state index in [0.717, 1.165) is 12.0 Å². The Kier molecular flexibility index (Phi) is 7.07. The maximum Gasteiger partial charge on any atom is 0.408 e. The zero-order chi connectivity index (χ0) is 17.6. The summed E-state index contributed by atoms with van der Waals surface area (Å²) in [7, 11) is 0. The van der Waals surface area contributed by atoms with E-state index in [0.29, 0.717) is 6.54 Å². The standard InChI is InChI=1S/C18H28N2O3/c1-12(2)16(20(13(3)4)18(22)23)17(21)19-11-10-15-8-6-14(5)7-9-15/h6-9,12-13,16H,10-11H2,1-5H3,(H,19,21)(H,22,23). The fourth-order valence-electron chi connectivity index (χ4n) is 2.60. The number of carbonyl (C=O) groups excluding carboxylic acids is 1. The fraction of sp³-hybridized carbons (Fsp3) is 0.556. The van der Waals surface area contributed by atoms with E-state index in [1.807, 2.05) is 45.0 Å². The Morgan fingerprint density at radius 3 is 2.13 bits per heavy atom. The molecule has 0 saturated heterocycles. The van der Waals surface area contributed by atoms with Gasteiger partial charge in [0, 0.05) is 12.6 Å². The quantitative estimate of drug-likeness (QED) is 0.811. The van der Waals surface area contributed by atoms with Crippen molar-refractivity contribution in [1.82, 2.24) is 10.2 Å². The van der Waals surface area contributed by atoms with Gasteiger partial charge in [-0.15, -0.1) is 0 Å². The van der Waals surface area contributed by atoms with Crippen LogP contribution >= 0.6 is 0 Å². The molecule has 128 valence electrons. The van der Waals surface area contributed by atoms with E-state index in [9.17, 15) is 14.7 Å². The third-order valence-corrected chi connectivity index (χ3v) is 3.81. The summed E-state index contributed by atoms with van der Waals surface area (Å²) in [5.74, 6) is -0.323. The minimum absolute atomic E-state index is 0.0899. The highest BCUT2D eigenvalue weighted by molar-refractivity contribution is 5.85. The van der Waals surface area contributed by atoms with E-state index < -0.39 is 12.1 Å². The zero-order valence-corrected chi connectivity index (χ0v) is 14.7. The third-order valence-electron chi connectivity index (χ3n) is 3.81. The predicted octanol–water partition coefficient (Wildman–Crippen LogP) is 3.07. The summed E-state index contributed by atoms with van der Waals surface area (Å²) < 4.78 is 0. The number of aryl methyl sites for hydroxylation is 1. The molecule has 0 fully saturated rings. The van der Waals surface area contributed by atoms with Crippen LogP contribution in [0.2, 0.25) is 0 Å². The van der Waals surface area contributed by atoms with E-state index in [1.54, 1.807) is 13.8 Å². The van der Waals surface area contributed by atoms with Crippen LogP contribution in [-0.2, 0) is 11.2 Å². The maximum atomic E-state index is 12.5. The molecule has 0 heterocycles. The molecule has 2 amide bonds. The van der Waals surface area contributed by atoms with Crippen molar-refractivity contribution < 1.29 is 14.7 Å². The van der Waals surface area contributed by atoms with E-state index in [4.69, 9.17) is 0 Å². The molecule has 2 N–H and O–H groups in total. The smallest absolute Gasteiger partial charge is 0.408 e. The Morgan fingerprint density at radius 2 is 1.70 bits per heavy atom. The molecule has 0 aliphatic rings. The van der Waals surface area contributed by atoms with Crippen molar-refractivity contribution in [3.05, 3.63) is 35.4 Å². The van der Waals surface area contributed by atoms with Crippen molar-refractivity contribution in [2.75, 3.05) is 6.54 Å². The van der Waals surface area contributed by atoms with Crippen molar-refractivity contribution in [2.45, 2.75) is 53.1 Å². The summed E-state index contributed by atoms with van der Waals surface area (Å²) in [6.07, 6.45) is -0.335. The van der Waals surface area contributed by atoms with Crippen LogP contribution in [-0.4, -0.2) is 40.6 Å². The summed E-state index contributed by atoms with van der Waals surface area (Å²) in [6.45, 7) is 9.82. The molecule has 5 heteroatoms. The van der Waals surface area contributed by atoms with Gasteiger partial charge in [0.15, 0.2) is 0 Å². The van der Waals surface area contributed by atoms with Gasteiger partial charge in [-0.05, 0) is 38.7 Å². The average Bonchev–Trinajstić information content (AvgIpc) is 2.45. The molecule has 1 unspecified atom stereocenters. The van der Waals surface area contributed by atoms with Crippen LogP contribution in [0.4, 0.5) is 4.79 Å². The van der Waals surface area contributed by atoms with Gasteiger partial charge >= 0.3 is 6.09 Å². The average molecular weight is 320 g/mol. The van der Waals surface area contributed by atoms with E-state index in [2.05, 4.69) is 5.32 Å². The van der Waals surface area contributed by atoms with Crippen LogP contribution in [0.1, 0.15) is 38.8 Å². The number of hydrogen-bond acceptors (Lipinski definition) is 2.